The highest BCUT2D eigenvalue weighted by Crippen LogP contribution is 2.24. The Bertz CT molecular complexity index is 539. The lowest BCUT2D eigenvalue weighted by Crippen LogP contribution is -2.39. The van der Waals surface area contributed by atoms with Crippen molar-refractivity contribution in [1.82, 2.24) is 10.2 Å². The van der Waals surface area contributed by atoms with Crippen LogP contribution in [0, 0.1) is 5.92 Å². The van der Waals surface area contributed by atoms with Crippen molar-refractivity contribution in [3.05, 3.63) is 29.8 Å². The Morgan fingerprint density at radius 3 is 2.46 bits per heavy atom. The first-order valence-corrected chi connectivity index (χ1v) is 8.51. The lowest BCUT2D eigenvalue weighted by molar-refractivity contribution is 0.187. The van der Waals surface area contributed by atoms with Crippen LogP contribution in [0.2, 0.25) is 0 Å². The van der Waals surface area contributed by atoms with Crippen LogP contribution in [0.25, 0.3) is 0 Å². The van der Waals surface area contributed by atoms with Crippen molar-refractivity contribution in [3.63, 3.8) is 0 Å². The van der Waals surface area contributed by atoms with Crippen molar-refractivity contribution in [1.29, 1.82) is 0 Å². The molecule has 6 heteroatoms. The monoisotopic (exact) mass is 333 g/mol. The highest BCUT2D eigenvalue weighted by molar-refractivity contribution is 5.84. The predicted molar refractivity (Wildman–Crippen MR) is 93.9 cm³/mol. The van der Waals surface area contributed by atoms with Gasteiger partial charge in [-0.1, -0.05) is 31.4 Å². The molecule has 0 aliphatic heterocycles. The fourth-order valence-corrected chi connectivity index (χ4v) is 3.03. The van der Waals surface area contributed by atoms with Gasteiger partial charge in [0.1, 0.15) is 0 Å². The van der Waals surface area contributed by atoms with Crippen molar-refractivity contribution in [2.24, 2.45) is 5.92 Å². The van der Waals surface area contributed by atoms with Crippen LogP contribution >= 0.6 is 0 Å². The van der Waals surface area contributed by atoms with Crippen molar-refractivity contribution in [2.75, 3.05) is 26.0 Å². The van der Waals surface area contributed by atoms with E-state index in [0.717, 1.165) is 12.1 Å². The zero-order valence-electron chi connectivity index (χ0n) is 14.5. The van der Waals surface area contributed by atoms with Crippen LogP contribution in [0.5, 0.6) is 0 Å². The van der Waals surface area contributed by atoms with E-state index >= 15 is 0 Å². The molecule has 0 unspecified atom stereocenters. The number of urea groups is 1. The quantitative estimate of drug-likeness (QED) is 0.865. The van der Waals surface area contributed by atoms with Gasteiger partial charge >= 0.3 is 12.1 Å². The molecule has 2 rings (SSSR count). The molecule has 0 atom stereocenters. The van der Waals surface area contributed by atoms with E-state index in [2.05, 4.69) is 15.4 Å². The molecule has 0 radical (unpaired) electrons. The van der Waals surface area contributed by atoms with E-state index in [1.54, 1.807) is 17.0 Å². The van der Waals surface area contributed by atoms with Gasteiger partial charge in [-0.3, -0.25) is 5.32 Å². The number of rotatable bonds is 5. The third kappa shape index (κ3) is 5.76. The minimum absolute atomic E-state index is 0.0441. The molecule has 132 valence electrons. The molecule has 1 aromatic carbocycles. The SMILES string of the molecule is COC(=O)Nc1ccc(CNC(=O)N(C)CC2CCCCC2)cc1. The molecule has 1 fully saturated rings. The molecule has 1 saturated carbocycles. The number of anilines is 1. The van der Waals surface area contributed by atoms with Crippen LogP contribution in [0.4, 0.5) is 15.3 Å². The van der Waals surface area contributed by atoms with Gasteiger partial charge in [0, 0.05) is 25.8 Å². The zero-order chi connectivity index (χ0) is 17.4. The Morgan fingerprint density at radius 1 is 1.17 bits per heavy atom. The van der Waals surface area contributed by atoms with Gasteiger partial charge < -0.3 is 15.0 Å². The average molecular weight is 333 g/mol. The van der Waals surface area contributed by atoms with Gasteiger partial charge in [-0.05, 0) is 36.5 Å². The molecule has 2 N–H and O–H groups in total. The van der Waals surface area contributed by atoms with E-state index in [1.807, 2.05) is 19.2 Å². The highest BCUT2D eigenvalue weighted by atomic mass is 16.5. The number of methoxy groups -OCH3 is 1. The molecule has 0 bridgehead atoms. The Kier molecular flexibility index (Phi) is 6.90. The number of carbonyl (C=O) groups is 2. The summed E-state index contributed by atoms with van der Waals surface area (Å²) in [4.78, 5) is 25.1. The molecule has 0 aromatic heterocycles. The summed E-state index contributed by atoms with van der Waals surface area (Å²) in [6.45, 7) is 1.29. The second-order valence-corrected chi connectivity index (χ2v) is 6.36. The van der Waals surface area contributed by atoms with Crippen molar-refractivity contribution in [2.45, 2.75) is 38.6 Å². The van der Waals surface area contributed by atoms with E-state index in [0.29, 0.717) is 18.2 Å². The first-order valence-electron chi connectivity index (χ1n) is 8.51. The molecule has 1 aromatic rings. The van der Waals surface area contributed by atoms with Crippen LogP contribution in [-0.4, -0.2) is 37.7 Å². The van der Waals surface area contributed by atoms with E-state index in [-0.39, 0.29) is 6.03 Å². The first-order chi connectivity index (χ1) is 11.6. The van der Waals surface area contributed by atoms with E-state index in [1.165, 1.54) is 39.2 Å². The number of nitrogens with zero attached hydrogens (tertiary/aromatic N) is 1. The fraction of sp³-hybridized carbons (Fsp3) is 0.556. The third-order valence-corrected chi connectivity index (χ3v) is 4.43. The largest absolute Gasteiger partial charge is 0.453 e. The van der Waals surface area contributed by atoms with Crippen LogP contribution in [-0.2, 0) is 11.3 Å². The summed E-state index contributed by atoms with van der Waals surface area (Å²) < 4.78 is 4.54. The summed E-state index contributed by atoms with van der Waals surface area (Å²) in [5.74, 6) is 0.637. The molecule has 3 amide bonds. The van der Waals surface area contributed by atoms with Crippen molar-refractivity contribution < 1.29 is 14.3 Å². The Balaban J connectivity index is 1.75. The summed E-state index contributed by atoms with van der Waals surface area (Å²) in [5, 5.41) is 5.53. The molecule has 0 heterocycles. The summed E-state index contributed by atoms with van der Waals surface area (Å²) in [7, 11) is 3.18. The lowest BCUT2D eigenvalue weighted by Gasteiger charge is -2.27. The van der Waals surface area contributed by atoms with Gasteiger partial charge in [-0.15, -0.1) is 0 Å². The Labute approximate surface area is 143 Å². The van der Waals surface area contributed by atoms with Gasteiger partial charge in [0.05, 0.1) is 7.11 Å². The number of amides is 3. The normalized spacial score (nSPS) is 14.8. The number of ether oxygens (including phenoxy) is 1. The minimum atomic E-state index is -0.500. The maximum atomic E-state index is 12.2. The van der Waals surface area contributed by atoms with Crippen molar-refractivity contribution in [3.8, 4) is 0 Å². The molecule has 24 heavy (non-hydrogen) atoms. The molecule has 6 nitrogen and oxygen atoms in total. The average Bonchev–Trinajstić information content (AvgIpc) is 2.61. The zero-order valence-corrected chi connectivity index (χ0v) is 14.5. The maximum absolute atomic E-state index is 12.2. The first kappa shape index (κ1) is 18.1. The third-order valence-electron chi connectivity index (χ3n) is 4.43. The summed E-state index contributed by atoms with van der Waals surface area (Å²) in [6.07, 6.45) is 5.85. The standard InChI is InChI=1S/C18H27N3O3/c1-21(13-15-6-4-3-5-7-15)17(22)19-12-14-8-10-16(11-9-14)20-18(23)24-2/h8-11,15H,3-7,12-13H2,1-2H3,(H,19,22)(H,20,23). The summed E-state index contributed by atoms with van der Waals surface area (Å²) in [6, 6.07) is 7.26. The summed E-state index contributed by atoms with van der Waals surface area (Å²) >= 11 is 0. The fourth-order valence-electron chi connectivity index (χ4n) is 3.03. The number of carbonyl (C=O) groups excluding carboxylic acids is 2. The van der Waals surface area contributed by atoms with Crippen LogP contribution in [0.3, 0.4) is 0 Å². The predicted octanol–water partition coefficient (Wildman–Crippen LogP) is 3.59. The van der Waals surface area contributed by atoms with Crippen LogP contribution < -0.4 is 10.6 Å². The van der Waals surface area contributed by atoms with Crippen molar-refractivity contribution >= 4 is 17.8 Å². The number of hydrogen-bond donors (Lipinski definition) is 2. The topological polar surface area (TPSA) is 70.7 Å². The van der Waals surface area contributed by atoms with Gasteiger partial charge in [-0.25, -0.2) is 9.59 Å². The number of benzene rings is 1. The molecule has 1 aliphatic rings. The second kappa shape index (κ2) is 9.15. The Hall–Kier alpha value is -2.24. The van der Waals surface area contributed by atoms with Crippen LogP contribution in [0.15, 0.2) is 24.3 Å². The van der Waals surface area contributed by atoms with E-state index < -0.39 is 6.09 Å². The van der Waals surface area contributed by atoms with Gasteiger partial charge in [0.2, 0.25) is 0 Å². The smallest absolute Gasteiger partial charge is 0.411 e. The molecular formula is C18H27N3O3. The minimum Gasteiger partial charge on any atom is -0.453 e. The maximum Gasteiger partial charge on any atom is 0.411 e. The Morgan fingerprint density at radius 2 is 1.83 bits per heavy atom. The van der Waals surface area contributed by atoms with E-state index in [4.69, 9.17) is 0 Å². The van der Waals surface area contributed by atoms with Gasteiger partial charge in [0.25, 0.3) is 0 Å². The van der Waals surface area contributed by atoms with Crippen LogP contribution in [0.1, 0.15) is 37.7 Å². The number of hydrogen-bond acceptors (Lipinski definition) is 3. The molecular weight excluding hydrogens is 306 g/mol. The van der Waals surface area contributed by atoms with E-state index in [9.17, 15) is 9.59 Å². The summed E-state index contributed by atoms with van der Waals surface area (Å²) in [5.41, 5.74) is 1.64. The molecule has 1 aliphatic carbocycles. The molecule has 0 spiro atoms. The highest BCUT2D eigenvalue weighted by Gasteiger charge is 2.17. The lowest BCUT2D eigenvalue weighted by atomic mass is 9.89. The van der Waals surface area contributed by atoms with Gasteiger partial charge in [-0.2, -0.15) is 0 Å². The second-order valence-electron chi connectivity index (χ2n) is 6.36. The van der Waals surface area contributed by atoms with Gasteiger partial charge in [0.15, 0.2) is 0 Å². The number of nitrogens with one attached hydrogen (secondary N) is 2. The molecule has 0 saturated heterocycles.